The Labute approximate surface area is 237 Å². The van der Waals surface area contributed by atoms with Crippen LogP contribution in [0.2, 0.25) is 5.02 Å². The highest BCUT2D eigenvalue weighted by Gasteiger charge is 2.35. The number of halogens is 2. The molecule has 0 N–H and O–H groups in total. The molecular weight excluding hydrogens is 621 g/mol. The summed E-state index contributed by atoms with van der Waals surface area (Å²) in [5, 5.41) is 2.49. The number of rotatable bonds is 7. The predicted octanol–water partition coefficient (Wildman–Crippen LogP) is 7.92. The fraction of sp³-hybridized carbons (Fsp3) is 0.103. The number of nitrogens with zero attached hydrogens (tertiary/aromatic N) is 1. The summed E-state index contributed by atoms with van der Waals surface area (Å²) < 4.78 is 12.4. The standard InChI is InChI=1S/C29H21ClINO4S/c1-35-25-14-19(13-24(31)27(25)36-17-18-9-11-22(30)12-10-18)15-26-28(33)32(29(34)37-26)16-21-7-4-6-20-5-2-3-8-23(20)21/h2-15H,16-17H2,1H3/b26-15-. The van der Waals surface area contributed by atoms with Crippen LogP contribution in [0.1, 0.15) is 16.7 Å². The summed E-state index contributed by atoms with van der Waals surface area (Å²) in [4.78, 5) is 27.7. The van der Waals surface area contributed by atoms with Crippen LogP contribution in [0.3, 0.4) is 0 Å². The van der Waals surface area contributed by atoms with Crippen molar-refractivity contribution in [2.24, 2.45) is 0 Å². The van der Waals surface area contributed by atoms with E-state index in [4.69, 9.17) is 21.1 Å². The maximum absolute atomic E-state index is 13.2. The van der Waals surface area contributed by atoms with Gasteiger partial charge in [0.25, 0.3) is 11.1 Å². The van der Waals surface area contributed by atoms with Gasteiger partial charge in [0, 0.05) is 5.02 Å². The first-order chi connectivity index (χ1) is 17.9. The molecule has 37 heavy (non-hydrogen) atoms. The molecule has 4 aromatic carbocycles. The number of amides is 2. The third-order valence-corrected chi connectivity index (χ3v) is 7.89. The van der Waals surface area contributed by atoms with Crippen LogP contribution in [-0.2, 0) is 17.9 Å². The first kappa shape index (κ1) is 25.6. The van der Waals surface area contributed by atoms with Crippen LogP contribution in [0.15, 0.2) is 83.8 Å². The van der Waals surface area contributed by atoms with E-state index < -0.39 is 0 Å². The Bertz CT molecular complexity index is 1530. The lowest BCUT2D eigenvalue weighted by Crippen LogP contribution is -2.27. The molecule has 0 bridgehead atoms. The molecule has 186 valence electrons. The van der Waals surface area contributed by atoms with Gasteiger partial charge in [0.1, 0.15) is 6.61 Å². The Kier molecular flexibility index (Phi) is 7.73. The van der Waals surface area contributed by atoms with Crippen LogP contribution in [0.5, 0.6) is 11.5 Å². The van der Waals surface area contributed by atoms with Gasteiger partial charge in [0.2, 0.25) is 0 Å². The monoisotopic (exact) mass is 641 g/mol. The highest BCUT2D eigenvalue weighted by atomic mass is 127. The fourth-order valence-corrected chi connectivity index (χ4v) is 5.83. The third kappa shape index (κ3) is 5.63. The zero-order chi connectivity index (χ0) is 25.9. The first-order valence-corrected chi connectivity index (χ1v) is 13.7. The molecule has 5 rings (SSSR count). The molecule has 1 fully saturated rings. The normalized spacial score (nSPS) is 14.6. The Morgan fingerprint density at radius 1 is 1.00 bits per heavy atom. The average molecular weight is 642 g/mol. The number of fused-ring (bicyclic) bond motifs is 1. The topological polar surface area (TPSA) is 55.8 Å². The molecule has 0 radical (unpaired) electrons. The molecule has 5 nitrogen and oxygen atoms in total. The number of imide groups is 1. The second kappa shape index (κ2) is 11.2. The summed E-state index contributed by atoms with van der Waals surface area (Å²) in [6, 6.07) is 25.0. The second-order valence-electron chi connectivity index (χ2n) is 8.36. The largest absolute Gasteiger partial charge is 0.493 e. The Balaban J connectivity index is 1.36. The quantitative estimate of drug-likeness (QED) is 0.152. The van der Waals surface area contributed by atoms with E-state index in [9.17, 15) is 9.59 Å². The molecule has 0 aliphatic carbocycles. The van der Waals surface area contributed by atoms with Crippen LogP contribution >= 0.6 is 46.0 Å². The molecule has 0 aromatic heterocycles. The first-order valence-electron chi connectivity index (χ1n) is 11.4. The van der Waals surface area contributed by atoms with Crippen LogP contribution < -0.4 is 9.47 Å². The molecule has 0 unspecified atom stereocenters. The van der Waals surface area contributed by atoms with Gasteiger partial charge in [0.05, 0.1) is 22.1 Å². The van der Waals surface area contributed by atoms with Crippen molar-refractivity contribution < 1.29 is 19.1 Å². The molecule has 2 amide bonds. The SMILES string of the molecule is COc1cc(/C=C2\SC(=O)N(Cc3cccc4ccccc34)C2=O)cc(I)c1OCc1ccc(Cl)cc1. The summed E-state index contributed by atoms with van der Waals surface area (Å²) in [6.07, 6.45) is 1.72. The van der Waals surface area contributed by atoms with E-state index in [0.29, 0.717) is 28.0 Å². The molecule has 1 aliphatic rings. The van der Waals surface area contributed by atoms with Gasteiger partial charge >= 0.3 is 0 Å². The smallest absolute Gasteiger partial charge is 0.293 e. The summed E-state index contributed by atoms with van der Waals surface area (Å²) >= 11 is 9.09. The average Bonchev–Trinajstić information content (AvgIpc) is 3.16. The van der Waals surface area contributed by atoms with Gasteiger partial charge in [-0.3, -0.25) is 14.5 Å². The lowest BCUT2D eigenvalue weighted by Gasteiger charge is -2.15. The third-order valence-electron chi connectivity index (χ3n) is 5.93. The minimum atomic E-state index is -0.306. The van der Waals surface area contributed by atoms with Crippen molar-refractivity contribution >= 4 is 73.9 Å². The van der Waals surface area contributed by atoms with Crippen LogP contribution in [0.4, 0.5) is 4.79 Å². The van der Waals surface area contributed by atoms with Gasteiger partial charge in [-0.25, -0.2) is 0 Å². The van der Waals surface area contributed by atoms with E-state index in [-0.39, 0.29) is 17.7 Å². The maximum Gasteiger partial charge on any atom is 0.293 e. The summed E-state index contributed by atoms with van der Waals surface area (Å²) in [6.45, 7) is 0.581. The summed E-state index contributed by atoms with van der Waals surface area (Å²) in [5.41, 5.74) is 2.65. The zero-order valence-electron chi connectivity index (χ0n) is 19.7. The number of thioether (sulfide) groups is 1. The van der Waals surface area contributed by atoms with Crippen LogP contribution in [0, 0.1) is 3.57 Å². The maximum atomic E-state index is 13.2. The second-order valence-corrected chi connectivity index (χ2v) is 10.9. The molecule has 1 aliphatic heterocycles. The van der Waals surface area contributed by atoms with E-state index in [1.165, 1.54) is 4.90 Å². The van der Waals surface area contributed by atoms with Crippen molar-refractivity contribution in [3.8, 4) is 11.5 Å². The van der Waals surface area contributed by atoms with Gasteiger partial charge in [0.15, 0.2) is 11.5 Å². The molecule has 0 atom stereocenters. The predicted molar refractivity (Wildman–Crippen MR) is 157 cm³/mol. The van der Waals surface area contributed by atoms with Crippen molar-refractivity contribution in [3.05, 3.63) is 109 Å². The minimum absolute atomic E-state index is 0.224. The molecule has 4 aromatic rings. The van der Waals surface area contributed by atoms with Gasteiger partial charge in [-0.05, 0) is 92.2 Å². The van der Waals surface area contributed by atoms with Gasteiger partial charge in [-0.1, -0.05) is 66.2 Å². The van der Waals surface area contributed by atoms with E-state index in [1.54, 1.807) is 19.3 Å². The van der Waals surface area contributed by atoms with Crippen LogP contribution in [0.25, 0.3) is 16.8 Å². The van der Waals surface area contributed by atoms with E-state index in [1.807, 2.05) is 72.8 Å². The van der Waals surface area contributed by atoms with E-state index in [2.05, 4.69) is 22.6 Å². The number of hydrogen-bond donors (Lipinski definition) is 0. The van der Waals surface area contributed by atoms with Crippen molar-refractivity contribution in [2.45, 2.75) is 13.2 Å². The van der Waals surface area contributed by atoms with Gasteiger partial charge < -0.3 is 9.47 Å². The molecule has 1 heterocycles. The number of carbonyl (C=O) groups excluding carboxylic acids is 2. The molecule has 8 heteroatoms. The highest BCUT2D eigenvalue weighted by Crippen LogP contribution is 2.38. The van der Waals surface area contributed by atoms with Crippen LogP contribution in [-0.4, -0.2) is 23.2 Å². The van der Waals surface area contributed by atoms with Crippen molar-refractivity contribution in [2.75, 3.05) is 7.11 Å². The lowest BCUT2D eigenvalue weighted by molar-refractivity contribution is -0.123. The highest BCUT2D eigenvalue weighted by molar-refractivity contribution is 14.1. The Hall–Kier alpha value is -3.01. The lowest BCUT2D eigenvalue weighted by atomic mass is 10.0. The molecule has 0 saturated carbocycles. The number of benzene rings is 4. The van der Waals surface area contributed by atoms with Crippen molar-refractivity contribution in [1.29, 1.82) is 0 Å². The molecular formula is C29H21ClINO4S. The molecule has 0 spiro atoms. The number of hydrogen-bond acceptors (Lipinski definition) is 5. The zero-order valence-corrected chi connectivity index (χ0v) is 23.5. The molecule has 1 saturated heterocycles. The van der Waals surface area contributed by atoms with Crippen molar-refractivity contribution in [3.63, 3.8) is 0 Å². The Morgan fingerprint density at radius 3 is 2.54 bits per heavy atom. The number of carbonyl (C=O) groups is 2. The number of methoxy groups -OCH3 is 1. The fourth-order valence-electron chi connectivity index (χ4n) is 4.09. The Morgan fingerprint density at radius 2 is 1.76 bits per heavy atom. The summed E-state index contributed by atoms with van der Waals surface area (Å²) in [5.74, 6) is 0.848. The minimum Gasteiger partial charge on any atom is -0.493 e. The van der Waals surface area contributed by atoms with Gasteiger partial charge in [-0.15, -0.1) is 0 Å². The van der Waals surface area contributed by atoms with Crippen molar-refractivity contribution in [1.82, 2.24) is 4.90 Å². The summed E-state index contributed by atoms with van der Waals surface area (Å²) in [7, 11) is 1.57. The van der Waals surface area contributed by atoms with E-state index in [0.717, 1.165) is 42.8 Å². The van der Waals surface area contributed by atoms with Gasteiger partial charge in [-0.2, -0.15) is 0 Å². The van der Waals surface area contributed by atoms with E-state index >= 15 is 0 Å². The number of ether oxygens (including phenoxy) is 2.